The van der Waals surface area contributed by atoms with Crippen molar-refractivity contribution in [3.8, 4) is 0 Å². The molecule has 1 amide bonds. The number of hydrogen-bond donors (Lipinski definition) is 0. The van der Waals surface area contributed by atoms with Crippen LogP contribution in [0.4, 0.5) is 0 Å². The van der Waals surface area contributed by atoms with E-state index in [1.807, 2.05) is 0 Å². The van der Waals surface area contributed by atoms with Crippen LogP contribution in [0.3, 0.4) is 0 Å². The first-order valence-electron chi connectivity index (χ1n) is 8.28. The highest BCUT2D eigenvalue weighted by atomic mass is 32.1. The van der Waals surface area contributed by atoms with Gasteiger partial charge in [-0.15, -0.1) is 0 Å². The lowest BCUT2D eigenvalue weighted by Crippen LogP contribution is -2.47. The van der Waals surface area contributed by atoms with Crippen LogP contribution >= 0.6 is 11.3 Å². The van der Waals surface area contributed by atoms with Crippen molar-refractivity contribution in [1.82, 2.24) is 9.80 Å². The second-order valence-electron chi connectivity index (χ2n) is 6.72. The molecule has 0 bridgehead atoms. The van der Waals surface area contributed by atoms with Crippen molar-refractivity contribution in [1.29, 1.82) is 0 Å². The molecule has 23 heavy (non-hydrogen) atoms. The van der Waals surface area contributed by atoms with Crippen molar-refractivity contribution < 1.29 is 14.3 Å². The van der Waals surface area contributed by atoms with Crippen LogP contribution in [0, 0.1) is 5.92 Å². The van der Waals surface area contributed by atoms with E-state index < -0.39 is 0 Å². The van der Waals surface area contributed by atoms with Gasteiger partial charge in [-0.2, -0.15) is 11.3 Å². The predicted molar refractivity (Wildman–Crippen MR) is 90.5 cm³/mol. The fourth-order valence-corrected chi connectivity index (χ4v) is 4.18. The van der Waals surface area contributed by atoms with Crippen LogP contribution in [0.25, 0.3) is 0 Å². The van der Waals surface area contributed by atoms with Gasteiger partial charge in [0.25, 0.3) is 0 Å². The van der Waals surface area contributed by atoms with Gasteiger partial charge >= 0.3 is 0 Å². The molecule has 0 spiro atoms. The zero-order valence-corrected chi connectivity index (χ0v) is 14.8. The quantitative estimate of drug-likeness (QED) is 0.794. The minimum absolute atomic E-state index is 0.0238. The van der Waals surface area contributed by atoms with Gasteiger partial charge in [0.1, 0.15) is 6.61 Å². The van der Waals surface area contributed by atoms with Gasteiger partial charge in [0.2, 0.25) is 5.91 Å². The first-order valence-corrected chi connectivity index (χ1v) is 9.22. The molecule has 128 valence electrons. The topological polar surface area (TPSA) is 42.0 Å². The van der Waals surface area contributed by atoms with E-state index in [1.54, 1.807) is 30.3 Å². The van der Waals surface area contributed by atoms with E-state index in [0.717, 1.165) is 32.5 Å². The Kier molecular flexibility index (Phi) is 5.69. The maximum Gasteiger partial charge on any atom is 0.248 e. The Morgan fingerprint density at radius 3 is 3.09 bits per heavy atom. The number of carbonyl (C=O) groups excluding carboxylic acids is 1. The molecule has 1 saturated carbocycles. The van der Waals surface area contributed by atoms with Crippen LogP contribution in [0.15, 0.2) is 16.8 Å². The molecule has 0 unspecified atom stereocenters. The number of ether oxygens (including phenoxy) is 2. The largest absolute Gasteiger partial charge is 0.375 e. The van der Waals surface area contributed by atoms with Gasteiger partial charge in [0, 0.05) is 33.2 Å². The maximum atomic E-state index is 11.6. The number of nitrogens with zero attached hydrogens (tertiary/aromatic N) is 2. The molecular formula is C17H26N2O3S. The average molecular weight is 338 g/mol. The Balaban J connectivity index is 1.49. The molecule has 1 aromatic rings. The smallest absolute Gasteiger partial charge is 0.248 e. The molecule has 3 rings (SSSR count). The number of thiophene rings is 1. The van der Waals surface area contributed by atoms with Gasteiger partial charge in [-0.25, -0.2) is 0 Å². The van der Waals surface area contributed by atoms with Gasteiger partial charge in [-0.1, -0.05) is 0 Å². The summed E-state index contributed by atoms with van der Waals surface area (Å²) >= 11 is 1.76. The minimum Gasteiger partial charge on any atom is -0.375 e. The van der Waals surface area contributed by atoms with Crippen molar-refractivity contribution in [3.05, 3.63) is 22.4 Å². The van der Waals surface area contributed by atoms with Crippen molar-refractivity contribution in [2.75, 3.05) is 40.5 Å². The van der Waals surface area contributed by atoms with E-state index in [4.69, 9.17) is 9.47 Å². The molecule has 2 fully saturated rings. The Morgan fingerprint density at radius 1 is 1.48 bits per heavy atom. The third kappa shape index (κ3) is 4.32. The summed E-state index contributed by atoms with van der Waals surface area (Å²) in [5, 5.41) is 4.37. The van der Waals surface area contributed by atoms with Gasteiger partial charge in [-0.05, 0) is 41.1 Å². The molecule has 3 atom stereocenters. The zero-order chi connectivity index (χ0) is 16.2. The van der Waals surface area contributed by atoms with E-state index in [9.17, 15) is 4.79 Å². The molecule has 1 aliphatic carbocycles. The molecule has 1 saturated heterocycles. The van der Waals surface area contributed by atoms with E-state index in [1.165, 1.54) is 5.56 Å². The number of fused-ring (bicyclic) bond motifs is 1. The second kappa shape index (κ2) is 7.75. The molecular weight excluding hydrogens is 312 g/mol. The molecule has 0 N–H and O–H groups in total. The third-order valence-corrected chi connectivity index (χ3v) is 5.52. The highest BCUT2D eigenvalue weighted by Crippen LogP contribution is 2.35. The lowest BCUT2D eigenvalue weighted by Gasteiger charge is -2.37. The summed E-state index contributed by atoms with van der Waals surface area (Å²) < 4.78 is 11.6. The van der Waals surface area contributed by atoms with E-state index in [-0.39, 0.29) is 12.5 Å². The number of likely N-dealkylation sites (N-methyl/N-ethyl adjacent to an activating group) is 1. The standard InChI is InChI=1S/C17H26N2O3S/c1-18(2)17(20)11-21-10-14-7-15-16(8-14)22-5-4-19(15)9-13-3-6-23-12-13/h3,6,12,14-16H,4-5,7-11H2,1-2H3/t14-,15+,16-/m0/s1. The molecule has 0 radical (unpaired) electrons. The van der Waals surface area contributed by atoms with Crippen LogP contribution in [-0.2, 0) is 20.8 Å². The van der Waals surface area contributed by atoms with Gasteiger partial charge in [-0.3, -0.25) is 9.69 Å². The molecule has 0 aromatic carbocycles. The second-order valence-corrected chi connectivity index (χ2v) is 7.50. The summed E-state index contributed by atoms with van der Waals surface area (Å²) in [4.78, 5) is 15.7. The third-order valence-electron chi connectivity index (χ3n) is 4.79. The Hall–Kier alpha value is -0.950. The Bertz CT molecular complexity index is 506. The van der Waals surface area contributed by atoms with E-state index >= 15 is 0 Å². The summed E-state index contributed by atoms with van der Waals surface area (Å²) in [5.41, 5.74) is 1.40. The first kappa shape index (κ1) is 16.9. The normalized spacial score (nSPS) is 27.8. The fourth-order valence-electron chi connectivity index (χ4n) is 3.52. The Morgan fingerprint density at radius 2 is 2.35 bits per heavy atom. The molecule has 1 aromatic heterocycles. The Labute approximate surface area is 142 Å². The predicted octanol–water partition coefficient (Wildman–Crippen LogP) is 1.83. The number of hydrogen-bond acceptors (Lipinski definition) is 5. The number of carbonyl (C=O) groups is 1. The van der Waals surface area contributed by atoms with Crippen LogP contribution < -0.4 is 0 Å². The number of rotatable bonds is 6. The van der Waals surface area contributed by atoms with Crippen LogP contribution in [0.1, 0.15) is 18.4 Å². The van der Waals surface area contributed by atoms with Crippen LogP contribution in [-0.4, -0.2) is 68.3 Å². The lowest BCUT2D eigenvalue weighted by atomic mass is 10.1. The average Bonchev–Trinajstić information content (AvgIpc) is 3.16. The van der Waals surface area contributed by atoms with E-state index in [0.29, 0.717) is 24.7 Å². The highest BCUT2D eigenvalue weighted by Gasteiger charge is 2.40. The zero-order valence-electron chi connectivity index (χ0n) is 13.9. The molecule has 5 nitrogen and oxygen atoms in total. The number of amides is 1. The fraction of sp³-hybridized carbons (Fsp3) is 0.706. The van der Waals surface area contributed by atoms with Crippen LogP contribution in [0.5, 0.6) is 0 Å². The lowest BCUT2D eigenvalue weighted by molar-refractivity contribution is -0.134. The summed E-state index contributed by atoms with van der Waals surface area (Å²) in [5.74, 6) is 0.513. The number of morpholine rings is 1. The monoisotopic (exact) mass is 338 g/mol. The summed E-state index contributed by atoms with van der Waals surface area (Å²) in [7, 11) is 3.51. The molecule has 1 aliphatic heterocycles. The maximum absolute atomic E-state index is 11.6. The first-order chi connectivity index (χ1) is 11.1. The van der Waals surface area contributed by atoms with Gasteiger partial charge in [0.15, 0.2) is 0 Å². The van der Waals surface area contributed by atoms with Crippen molar-refractivity contribution in [2.45, 2.75) is 31.5 Å². The summed E-state index contributed by atoms with van der Waals surface area (Å²) in [6, 6.07) is 2.69. The minimum atomic E-state index is 0.0238. The van der Waals surface area contributed by atoms with Gasteiger partial charge < -0.3 is 14.4 Å². The van der Waals surface area contributed by atoms with Crippen molar-refractivity contribution in [3.63, 3.8) is 0 Å². The van der Waals surface area contributed by atoms with Gasteiger partial charge in [0.05, 0.1) is 19.3 Å². The summed E-state index contributed by atoms with van der Waals surface area (Å²) in [6.45, 7) is 3.67. The highest BCUT2D eigenvalue weighted by molar-refractivity contribution is 7.07. The molecule has 2 heterocycles. The van der Waals surface area contributed by atoms with E-state index in [2.05, 4.69) is 21.7 Å². The van der Waals surface area contributed by atoms with Crippen molar-refractivity contribution >= 4 is 17.2 Å². The summed E-state index contributed by atoms with van der Waals surface area (Å²) in [6.07, 6.45) is 2.46. The SMILES string of the molecule is CN(C)C(=O)COC[C@@H]1C[C@@H]2OCCN(Cc3ccsc3)[C@@H]2C1. The van der Waals surface area contributed by atoms with Crippen molar-refractivity contribution in [2.24, 2.45) is 5.92 Å². The molecule has 2 aliphatic rings. The van der Waals surface area contributed by atoms with Crippen LogP contribution in [0.2, 0.25) is 0 Å². The molecule has 6 heteroatoms.